The van der Waals surface area contributed by atoms with Gasteiger partial charge < -0.3 is 10.1 Å². The first-order valence-corrected chi connectivity index (χ1v) is 7.62. The van der Waals surface area contributed by atoms with Gasteiger partial charge in [0.25, 0.3) is 0 Å². The average Bonchev–Trinajstić information content (AvgIpc) is 2.79. The van der Waals surface area contributed by atoms with Crippen LogP contribution in [0, 0.1) is 5.92 Å². The minimum Gasteiger partial charge on any atom is -0.493 e. The van der Waals surface area contributed by atoms with Crippen LogP contribution >= 0.6 is 0 Å². The van der Waals surface area contributed by atoms with Crippen LogP contribution in [0.1, 0.15) is 51.5 Å². The zero-order valence-corrected chi connectivity index (χ0v) is 12.5. The van der Waals surface area contributed by atoms with Gasteiger partial charge in [-0.1, -0.05) is 44.9 Å². The summed E-state index contributed by atoms with van der Waals surface area (Å²) in [5.74, 6) is 2.41. The molecule has 2 nitrogen and oxygen atoms in total. The summed E-state index contributed by atoms with van der Waals surface area (Å²) < 4.78 is 5.72. The Balaban J connectivity index is 1.72. The second-order valence-corrected chi connectivity index (χ2v) is 6.18. The Kier molecular flexibility index (Phi) is 5.26. The summed E-state index contributed by atoms with van der Waals surface area (Å²) in [4.78, 5) is 0. The number of hydrogen-bond acceptors (Lipinski definition) is 2. The molecule has 2 rings (SSSR count). The smallest absolute Gasteiger partial charge is 0.122 e. The largest absolute Gasteiger partial charge is 0.493 e. The Hall–Kier alpha value is -1.02. The maximum absolute atomic E-state index is 5.72. The first-order chi connectivity index (χ1) is 9.16. The fourth-order valence-electron chi connectivity index (χ4n) is 2.68. The van der Waals surface area contributed by atoms with Gasteiger partial charge in [0.2, 0.25) is 0 Å². The third-order valence-corrected chi connectivity index (χ3v) is 3.93. The zero-order chi connectivity index (χ0) is 13.7. The standard InChI is InChI=1S/C17H27NO/c1-13(2)7-6-8-14(3)18-11-15-12-19-17-10-5-4-9-16(15)17/h4-5,9-10,13-15,18H,6-8,11-12H2,1-3H3. The summed E-state index contributed by atoms with van der Waals surface area (Å²) in [6.45, 7) is 8.74. The van der Waals surface area contributed by atoms with E-state index in [2.05, 4.69) is 44.3 Å². The van der Waals surface area contributed by atoms with E-state index in [-0.39, 0.29) is 0 Å². The Morgan fingerprint density at radius 2 is 2.00 bits per heavy atom. The van der Waals surface area contributed by atoms with Crippen molar-refractivity contribution in [1.82, 2.24) is 5.32 Å². The van der Waals surface area contributed by atoms with E-state index in [9.17, 15) is 0 Å². The SMILES string of the molecule is CC(C)CCCC(C)NCC1COc2ccccc21. The molecule has 0 amide bonds. The highest BCUT2D eigenvalue weighted by molar-refractivity contribution is 5.39. The Bertz CT molecular complexity index is 389. The van der Waals surface area contributed by atoms with Crippen LogP contribution in [0.3, 0.4) is 0 Å². The molecule has 0 aromatic heterocycles. The molecule has 0 aliphatic carbocycles. The summed E-state index contributed by atoms with van der Waals surface area (Å²) in [5, 5.41) is 3.66. The van der Waals surface area contributed by atoms with Crippen molar-refractivity contribution < 1.29 is 4.74 Å². The molecule has 2 atom stereocenters. The highest BCUT2D eigenvalue weighted by Crippen LogP contribution is 2.32. The Labute approximate surface area is 117 Å². The molecule has 1 aromatic carbocycles. The van der Waals surface area contributed by atoms with Crippen LogP contribution in [0.2, 0.25) is 0 Å². The van der Waals surface area contributed by atoms with Gasteiger partial charge >= 0.3 is 0 Å². The van der Waals surface area contributed by atoms with E-state index >= 15 is 0 Å². The third kappa shape index (κ3) is 4.24. The van der Waals surface area contributed by atoms with Crippen molar-refractivity contribution in [3.63, 3.8) is 0 Å². The minimum absolute atomic E-state index is 0.517. The van der Waals surface area contributed by atoms with Crippen LogP contribution < -0.4 is 10.1 Å². The van der Waals surface area contributed by atoms with Gasteiger partial charge in [-0.25, -0.2) is 0 Å². The van der Waals surface area contributed by atoms with Crippen LogP contribution in [-0.4, -0.2) is 19.2 Å². The van der Waals surface area contributed by atoms with Crippen molar-refractivity contribution in [3.8, 4) is 5.75 Å². The topological polar surface area (TPSA) is 21.3 Å². The van der Waals surface area contributed by atoms with Crippen LogP contribution in [0.25, 0.3) is 0 Å². The van der Waals surface area contributed by atoms with Crippen LogP contribution in [0.5, 0.6) is 5.75 Å². The molecule has 106 valence electrons. The van der Waals surface area contributed by atoms with Crippen LogP contribution in [0.15, 0.2) is 24.3 Å². The van der Waals surface area contributed by atoms with Crippen molar-refractivity contribution in [2.45, 2.75) is 52.0 Å². The molecule has 2 unspecified atom stereocenters. The normalized spacial score (nSPS) is 19.3. The molecule has 0 bridgehead atoms. The van der Waals surface area contributed by atoms with E-state index in [1.54, 1.807) is 0 Å². The van der Waals surface area contributed by atoms with Gasteiger partial charge in [-0.05, 0) is 25.3 Å². The molecule has 1 N–H and O–H groups in total. The summed E-state index contributed by atoms with van der Waals surface area (Å²) >= 11 is 0. The molecule has 1 heterocycles. The third-order valence-electron chi connectivity index (χ3n) is 3.93. The fraction of sp³-hybridized carbons (Fsp3) is 0.647. The highest BCUT2D eigenvalue weighted by atomic mass is 16.5. The minimum atomic E-state index is 0.517. The lowest BCUT2D eigenvalue weighted by atomic mass is 10.00. The molecule has 0 spiro atoms. The maximum atomic E-state index is 5.72. The van der Waals surface area contributed by atoms with Crippen LogP contribution in [0.4, 0.5) is 0 Å². The second-order valence-electron chi connectivity index (χ2n) is 6.18. The maximum Gasteiger partial charge on any atom is 0.122 e. The second kappa shape index (κ2) is 6.95. The Morgan fingerprint density at radius 3 is 2.79 bits per heavy atom. The molecule has 19 heavy (non-hydrogen) atoms. The molecule has 2 heteroatoms. The lowest BCUT2D eigenvalue weighted by Gasteiger charge is -2.17. The van der Waals surface area contributed by atoms with Gasteiger partial charge in [0, 0.05) is 24.1 Å². The monoisotopic (exact) mass is 261 g/mol. The summed E-state index contributed by atoms with van der Waals surface area (Å²) in [7, 11) is 0. The molecule has 1 aliphatic heterocycles. The molecule has 1 aliphatic rings. The number of benzene rings is 1. The van der Waals surface area contributed by atoms with E-state index in [4.69, 9.17) is 4.74 Å². The fourth-order valence-corrected chi connectivity index (χ4v) is 2.68. The van der Waals surface area contributed by atoms with Gasteiger partial charge in [-0.3, -0.25) is 0 Å². The zero-order valence-electron chi connectivity index (χ0n) is 12.5. The van der Waals surface area contributed by atoms with E-state index in [0.29, 0.717) is 12.0 Å². The van der Waals surface area contributed by atoms with Gasteiger partial charge in [0.15, 0.2) is 0 Å². The number of ether oxygens (including phenoxy) is 1. The first-order valence-electron chi connectivity index (χ1n) is 7.62. The predicted octanol–water partition coefficient (Wildman–Crippen LogP) is 3.97. The summed E-state index contributed by atoms with van der Waals surface area (Å²) in [6, 6.07) is 9.02. The van der Waals surface area contributed by atoms with Crippen molar-refractivity contribution >= 4 is 0 Å². The van der Waals surface area contributed by atoms with E-state index < -0.39 is 0 Å². The van der Waals surface area contributed by atoms with Crippen molar-refractivity contribution in [2.24, 2.45) is 5.92 Å². The molecule has 0 saturated heterocycles. The van der Waals surface area contributed by atoms with Gasteiger partial charge in [0.05, 0.1) is 6.61 Å². The van der Waals surface area contributed by atoms with Gasteiger partial charge in [-0.15, -0.1) is 0 Å². The summed E-state index contributed by atoms with van der Waals surface area (Å²) in [6.07, 6.45) is 3.93. The quantitative estimate of drug-likeness (QED) is 0.802. The number of nitrogens with one attached hydrogen (secondary N) is 1. The van der Waals surface area contributed by atoms with Crippen molar-refractivity contribution in [3.05, 3.63) is 29.8 Å². The summed E-state index contributed by atoms with van der Waals surface area (Å²) in [5.41, 5.74) is 1.37. The van der Waals surface area contributed by atoms with Gasteiger partial charge in [0.1, 0.15) is 5.75 Å². The van der Waals surface area contributed by atoms with Crippen molar-refractivity contribution in [1.29, 1.82) is 0 Å². The van der Waals surface area contributed by atoms with E-state index in [1.807, 2.05) is 6.07 Å². The number of hydrogen-bond donors (Lipinski definition) is 1. The van der Waals surface area contributed by atoms with E-state index in [0.717, 1.165) is 24.8 Å². The Morgan fingerprint density at radius 1 is 1.21 bits per heavy atom. The highest BCUT2D eigenvalue weighted by Gasteiger charge is 2.23. The lowest BCUT2D eigenvalue weighted by Crippen LogP contribution is -2.31. The van der Waals surface area contributed by atoms with Gasteiger partial charge in [-0.2, -0.15) is 0 Å². The number of para-hydroxylation sites is 1. The predicted molar refractivity (Wildman–Crippen MR) is 80.8 cm³/mol. The number of rotatable bonds is 7. The molecule has 1 aromatic rings. The average molecular weight is 261 g/mol. The molecular formula is C17H27NO. The van der Waals surface area contributed by atoms with Crippen LogP contribution in [-0.2, 0) is 0 Å². The first kappa shape index (κ1) is 14.4. The molecular weight excluding hydrogens is 234 g/mol. The molecule has 0 fully saturated rings. The number of fused-ring (bicyclic) bond motifs is 1. The molecule has 0 saturated carbocycles. The van der Waals surface area contributed by atoms with E-state index in [1.165, 1.54) is 24.8 Å². The lowest BCUT2D eigenvalue weighted by molar-refractivity contribution is 0.321. The van der Waals surface area contributed by atoms with Crippen molar-refractivity contribution in [2.75, 3.05) is 13.2 Å². The molecule has 0 radical (unpaired) electrons.